The van der Waals surface area contributed by atoms with E-state index in [0.717, 1.165) is 37.3 Å². The fourth-order valence-corrected chi connectivity index (χ4v) is 3.19. The molecule has 0 unspecified atom stereocenters. The minimum Gasteiger partial charge on any atom is -0.358 e. The summed E-state index contributed by atoms with van der Waals surface area (Å²) < 4.78 is 45.1. The van der Waals surface area contributed by atoms with Crippen molar-refractivity contribution >= 4 is 11.5 Å². The van der Waals surface area contributed by atoms with Crippen LogP contribution in [0.4, 0.5) is 19.0 Å². The van der Waals surface area contributed by atoms with Crippen LogP contribution in [0.25, 0.3) is 17.0 Å². The van der Waals surface area contributed by atoms with E-state index in [0.29, 0.717) is 35.8 Å². The van der Waals surface area contributed by atoms with E-state index in [4.69, 9.17) is 4.52 Å². The van der Waals surface area contributed by atoms with Crippen molar-refractivity contribution in [3.05, 3.63) is 53.7 Å². The zero-order valence-corrected chi connectivity index (χ0v) is 17.7. The SMILES string of the molecule is CCCCN(C)c1ccc2nnc(CCc3nc(-c4ccc(C(F)(F)F)cc4)no3)n2n1. The summed E-state index contributed by atoms with van der Waals surface area (Å²) >= 11 is 0. The lowest BCUT2D eigenvalue weighted by Crippen LogP contribution is -2.20. The van der Waals surface area contributed by atoms with E-state index in [2.05, 4.69) is 37.3 Å². The van der Waals surface area contributed by atoms with Gasteiger partial charge >= 0.3 is 6.18 Å². The van der Waals surface area contributed by atoms with Crippen LogP contribution < -0.4 is 4.90 Å². The lowest BCUT2D eigenvalue weighted by atomic mass is 10.1. The molecule has 0 N–H and O–H groups in total. The van der Waals surface area contributed by atoms with Crippen molar-refractivity contribution in [2.24, 2.45) is 0 Å². The van der Waals surface area contributed by atoms with Gasteiger partial charge in [-0.1, -0.05) is 30.6 Å². The number of benzene rings is 1. The van der Waals surface area contributed by atoms with Gasteiger partial charge in [0.25, 0.3) is 0 Å². The smallest absolute Gasteiger partial charge is 0.358 e. The van der Waals surface area contributed by atoms with Crippen LogP contribution >= 0.6 is 0 Å². The molecule has 0 atom stereocenters. The summed E-state index contributed by atoms with van der Waals surface area (Å²) in [7, 11) is 2.00. The first kappa shape index (κ1) is 21.7. The summed E-state index contributed by atoms with van der Waals surface area (Å²) in [5, 5.41) is 16.9. The van der Waals surface area contributed by atoms with Gasteiger partial charge in [-0.05, 0) is 30.7 Å². The minimum absolute atomic E-state index is 0.234. The molecule has 0 spiro atoms. The van der Waals surface area contributed by atoms with Crippen LogP contribution in [-0.2, 0) is 19.0 Å². The third kappa shape index (κ3) is 4.71. The number of aryl methyl sites for hydroxylation is 2. The summed E-state index contributed by atoms with van der Waals surface area (Å²) in [4.78, 5) is 6.37. The van der Waals surface area contributed by atoms with E-state index in [9.17, 15) is 13.2 Å². The maximum absolute atomic E-state index is 12.7. The Morgan fingerprint density at radius 3 is 2.53 bits per heavy atom. The molecule has 4 rings (SSSR count). The molecule has 8 nitrogen and oxygen atoms in total. The highest BCUT2D eigenvalue weighted by molar-refractivity contribution is 5.54. The van der Waals surface area contributed by atoms with Crippen LogP contribution in [0.2, 0.25) is 0 Å². The van der Waals surface area contributed by atoms with Crippen molar-refractivity contribution in [2.45, 2.75) is 38.8 Å². The molecule has 0 amide bonds. The highest BCUT2D eigenvalue weighted by atomic mass is 19.4. The highest BCUT2D eigenvalue weighted by Gasteiger charge is 2.30. The first-order valence-electron chi connectivity index (χ1n) is 10.3. The third-order valence-electron chi connectivity index (χ3n) is 5.05. The van der Waals surface area contributed by atoms with Crippen molar-refractivity contribution in [3.63, 3.8) is 0 Å². The lowest BCUT2D eigenvalue weighted by molar-refractivity contribution is -0.137. The second-order valence-electron chi connectivity index (χ2n) is 7.44. The Labute approximate surface area is 182 Å². The summed E-state index contributed by atoms with van der Waals surface area (Å²) in [6, 6.07) is 8.42. The van der Waals surface area contributed by atoms with E-state index in [1.165, 1.54) is 12.1 Å². The predicted octanol–water partition coefficient (Wildman–Crippen LogP) is 4.21. The number of aromatic nitrogens is 6. The minimum atomic E-state index is -4.39. The molecule has 0 bridgehead atoms. The van der Waals surface area contributed by atoms with Crippen molar-refractivity contribution in [2.75, 3.05) is 18.5 Å². The molecule has 0 radical (unpaired) electrons. The third-order valence-corrected chi connectivity index (χ3v) is 5.05. The van der Waals surface area contributed by atoms with Crippen molar-refractivity contribution in [1.29, 1.82) is 0 Å². The maximum Gasteiger partial charge on any atom is 0.416 e. The molecule has 3 aromatic heterocycles. The number of hydrogen-bond acceptors (Lipinski definition) is 7. The molecule has 0 saturated carbocycles. The molecule has 32 heavy (non-hydrogen) atoms. The van der Waals surface area contributed by atoms with Gasteiger partial charge in [-0.2, -0.15) is 22.7 Å². The summed E-state index contributed by atoms with van der Waals surface area (Å²) in [6.45, 7) is 3.05. The largest absolute Gasteiger partial charge is 0.416 e. The Kier molecular flexibility index (Phi) is 6.06. The maximum atomic E-state index is 12.7. The molecule has 11 heteroatoms. The second kappa shape index (κ2) is 8.93. The number of anilines is 1. The van der Waals surface area contributed by atoms with E-state index in [1.807, 2.05) is 19.2 Å². The normalized spacial score (nSPS) is 11.9. The summed E-state index contributed by atoms with van der Waals surface area (Å²) in [5.41, 5.74) is 0.363. The fraction of sp³-hybridized carbons (Fsp3) is 0.381. The molecular formula is C21H22F3N7O. The van der Waals surface area contributed by atoms with E-state index >= 15 is 0 Å². The van der Waals surface area contributed by atoms with E-state index in [1.54, 1.807) is 4.52 Å². The van der Waals surface area contributed by atoms with Crippen molar-refractivity contribution in [1.82, 2.24) is 30.0 Å². The molecule has 1 aromatic carbocycles. The number of halogens is 3. The molecule has 168 valence electrons. The number of unbranched alkanes of at least 4 members (excludes halogenated alkanes) is 1. The van der Waals surface area contributed by atoms with Crippen molar-refractivity contribution < 1.29 is 17.7 Å². The Morgan fingerprint density at radius 2 is 1.81 bits per heavy atom. The van der Waals surface area contributed by atoms with Crippen LogP contribution in [0.3, 0.4) is 0 Å². The van der Waals surface area contributed by atoms with Crippen LogP contribution in [0.5, 0.6) is 0 Å². The van der Waals surface area contributed by atoms with E-state index < -0.39 is 11.7 Å². The monoisotopic (exact) mass is 445 g/mol. The molecule has 0 aliphatic rings. The number of hydrogen-bond donors (Lipinski definition) is 0. The molecular weight excluding hydrogens is 423 g/mol. The van der Waals surface area contributed by atoms with E-state index in [-0.39, 0.29) is 5.82 Å². The zero-order valence-electron chi connectivity index (χ0n) is 17.7. The van der Waals surface area contributed by atoms with Gasteiger partial charge in [-0.25, -0.2) is 0 Å². The van der Waals surface area contributed by atoms with Gasteiger partial charge in [-0.3, -0.25) is 0 Å². The fourth-order valence-electron chi connectivity index (χ4n) is 3.19. The predicted molar refractivity (Wildman–Crippen MR) is 111 cm³/mol. The molecule has 0 aliphatic carbocycles. The number of alkyl halides is 3. The number of fused-ring (bicyclic) bond motifs is 1. The van der Waals surface area contributed by atoms with Crippen LogP contribution in [0.1, 0.15) is 37.0 Å². The van der Waals surface area contributed by atoms with Gasteiger partial charge in [0.1, 0.15) is 5.82 Å². The number of nitrogens with zero attached hydrogens (tertiary/aromatic N) is 7. The topological polar surface area (TPSA) is 85.2 Å². The van der Waals surface area contributed by atoms with Gasteiger partial charge < -0.3 is 9.42 Å². The first-order chi connectivity index (χ1) is 15.3. The molecule has 0 saturated heterocycles. The van der Waals surface area contributed by atoms with Gasteiger partial charge in [-0.15, -0.1) is 15.3 Å². The van der Waals surface area contributed by atoms with Crippen molar-refractivity contribution in [3.8, 4) is 11.4 Å². The zero-order chi connectivity index (χ0) is 22.7. The summed E-state index contributed by atoms with van der Waals surface area (Å²) in [5.74, 6) is 2.07. The Morgan fingerprint density at radius 1 is 1.03 bits per heavy atom. The number of rotatable bonds is 8. The standard InChI is InChI=1S/C21H22F3N7O/c1-3-4-13-30(2)18-10-9-16-26-27-17(31(16)28-18)11-12-19-25-20(29-32-19)14-5-7-15(8-6-14)21(22,23)24/h5-10H,3-4,11-13H2,1-2H3. The highest BCUT2D eigenvalue weighted by Crippen LogP contribution is 2.30. The molecule has 4 aromatic rings. The average Bonchev–Trinajstić information content (AvgIpc) is 3.42. The Balaban J connectivity index is 1.45. The van der Waals surface area contributed by atoms with Crippen LogP contribution in [0.15, 0.2) is 40.9 Å². The van der Waals surface area contributed by atoms with Gasteiger partial charge in [0.2, 0.25) is 11.7 Å². The molecule has 0 fully saturated rings. The molecule has 0 aliphatic heterocycles. The van der Waals surface area contributed by atoms with Gasteiger partial charge in [0.15, 0.2) is 11.5 Å². The quantitative estimate of drug-likeness (QED) is 0.402. The lowest BCUT2D eigenvalue weighted by Gasteiger charge is -2.17. The first-order valence-corrected chi connectivity index (χ1v) is 10.3. The Hall–Kier alpha value is -3.50. The second-order valence-corrected chi connectivity index (χ2v) is 7.44. The van der Waals surface area contributed by atoms with Gasteiger partial charge in [0, 0.05) is 32.0 Å². The Bertz CT molecular complexity index is 1180. The van der Waals surface area contributed by atoms with Crippen LogP contribution in [0, 0.1) is 0 Å². The van der Waals surface area contributed by atoms with Gasteiger partial charge in [0.05, 0.1) is 5.56 Å². The van der Waals surface area contributed by atoms with Crippen LogP contribution in [-0.4, -0.2) is 43.5 Å². The summed E-state index contributed by atoms with van der Waals surface area (Å²) in [6.07, 6.45) is -1.36. The average molecular weight is 445 g/mol. The molecule has 3 heterocycles.